The van der Waals surface area contributed by atoms with Crippen molar-refractivity contribution in [1.82, 2.24) is 0 Å². The van der Waals surface area contributed by atoms with Gasteiger partial charge in [-0.1, -0.05) is 43.0 Å². The smallest absolute Gasteiger partial charge is 0.310 e. The molecule has 1 aromatic carbocycles. The Morgan fingerprint density at radius 1 is 1.32 bits per heavy atom. The van der Waals surface area contributed by atoms with Crippen molar-refractivity contribution >= 4 is 17.6 Å². The second kappa shape index (κ2) is 6.92. The normalized spacial score (nSPS) is 23.7. The number of benzene rings is 1. The lowest BCUT2D eigenvalue weighted by atomic mass is 9.96. The highest BCUT2D eigenvalue weighted by Gasteiger charge is 2.28. The third-order valence-corrected chi connectivity index (χ3v) is 3.88. The summed E-state index contributed by atoms with van der Waals surface area (Å²) in [6, 6.07) is 7.29. The summed E-state index contributed by atoms with van der Waals surface area (Å²) in [5.74, 6) is -0.323. The van der Waals surface area contributed by atoms with E-state index in [2.05, 4.69) is 0 Å². The molecule has 0 aliphatic heterocycles. The lowest BCUT2D eigenvalue weighted by Crippen LogP contribution is -2.35. The van der Waals surface area contributed by atoms with Crippen molar-refractivity contribution in [1.29, 1.82) is 0 Å². The Bertz CT molecular complexity index is 436. The summed E-state index contributed by atoms with van der Waals surface area (Å²) in [6.45, 7) is 0.266. The third-order valence-electron chi connectivity index (χ3n) is 3.64. The molecule has 0 aromatic heterocycles. The predicted molar refractivity (Wildman–Crippen MR) is 75.8 cm³/mol. The number of esters is 1. The largest absolute Gasteiger partial charge is 0.461 e. The number of nitrogens with two attached hydrogens (primary N) is 1. The average Bonchev–Trinajstić information content (AvgIpc) is 2.61. The molecule has 0 amide bonds. The molecule has 4 heteroatoms. The van der Waals surface area contributed by atoms with Crippen molar-refractivity contribution in [2.75, 3.05) is 0 Å². The molecule has 0 saturated heterocycles. The minimum Gasteiger partial charge on any atom is -0.461 e. The second-order valence-corrected chi connectivity index (χ2v) is 5.58. The van der Waals surface area contributed by atoms with Crippen LogP contribution in [0.4, 0.5) is 0 Å². The van der Waals surface area contributed by atoms with Crippen LogP contribution >= 0.6 is 11.6 Å². The van der Waals surface area contributed by atoms with Crippen molar-refractivity contribution in [3.8, 4) is 0 Å². The molecule has 0 heterocycles. The summed E-state index contributed by atoms with van der Waals surface area (Å²) >= 11 is 5.89. The molecule has 19 heavy (non-hydrogen) atoms. The number of carbonyl (C=O) groups is 1. The van der Waals surface area contributed by atoms with Crippen LogP contribution in [0.2, 0.25) is 5.02 Å². The number of halogens is 1. The molecule has 3 nitrogen and oxygen atoms in total. The highest BCUT2D eigenvalue weighted by Crippen LogP contribution is 2.23. The monoisotopic (exact) mass is 281 g/mol. The number of rotatable bonds is 3. The van der Waals surface area contributed by atoms with E-state index in [-0.39, 0.29) is 24.5 Å². The summed E-state index contributed by atoms with van der Waals surface area (Å²) < 4.78 is 5.37. The van der Waals surface area contributed by atoms with Gasteiger partial charge in [0.05, 0.1) is 5.92 Å². The molecule has 0 spiro atoms. The van der Waals surface area contributed by atoms with E-state index in [1.54, 1.807) is 6.07 Å². The molecular weight excluding hydrogens is 262 g/mol. The van der Waals surface area contributed by atoms with E-state index >= 15 is 0 Å². The molecule has 2 N–H and O–H groups in total. The van der Waals surface area contributed by atoms with Crippen LogP contribution in [0.1, 0.15) is 37.7 Å². The molecule has 104 valence electrons. The Balaban J connectivity index is 1.89. The van der Waals surface area contributed by atoms with Gasteiger partial charge in [0, 0.05) is 11.1 Å². The lowest BCUT2D eigenvalue weighted by molar-refractivity contribution is -0.150. The van der Waals surface area contributed by atoms with Gasteiger partial charge in [-0.25, -0.2) is 0 Å². The molecule has 1 aromatic rings. The number of carbonyl (C=O) groups excluding carboxylic acids is 1. The van der Waals surface area contributed by atoms with Gasteiger partial charge in [-0.05, 0) is 30.5 Å². The zero-order valence-corrected chi connectivity index (χ0v) is 11.7. The molecule has 1 fully saturated rings. The van der Waals surface area contributed by atoms with Gasteiger partial charge in [0.25, 0.3) is 0 Å². The van der Waals surface area contributed by atoms with Crippen molar-refractivity contribution in [3.63, 3.8) is 0 Å². The predicted octanol–water partition coefficient (Wildman–Crippen LogP) is 3.29. The molecule has 1 aliphatic rings. The Hall–Kier alpha value is -1.06. The molecular formula is C15H20ClNO2. The molecule has 2 rings (SSSR count). The van der Waals surface area contributed by atoms with Crippen LogP contribution < -0.4 is 5.73 Å². The van der Waals surface area contributed by atoms with E-state index in [0.29, 0.717) is 5.02 Å². The Morgan fingerprint density at radius 2 is 2.11 bits per heavy atom. The minimum absolute atomic E-state index is 0.0608. The Morgan fingerprint density at radius 3 is 2.89 bits per heavy atom. The summed E-state index contributed by atoms with van der Waals surface area (Å²) in [7, 11) is 0. The van der Waals surface area contributed by atoms with Gasteiger partial charge in [0.1, 0.15) is 6.61 Å². The lowest BCUT2D eigenvalue weighted by Gasteiger charge is -2.19. The highest BCUT2D eigenvalue weighted by atomic mass is 35.5. The fraction of sp³-hybridized carbons (Fsp3) is 0.533. The van der Waals surface area contributed by atoms with E-state index in [0.717, 1.165) is 37.7 Å². The third kappa shape index (κ3) is 4.22. The van der Waals surface area contributed by atoms with Gasteiger partial charge in [-0.3, -0.25) is 4.79 Å². The van der Waals surface area contributed by atoms with Gasteiger partial charge in [0.2, 0.25) is 0 Å². The van der Waals surface area contributed by atoms with Crippen molar-refractivity contribution in [2.24, 2.45) is 11.7 Å². The molecule has 1 saturated carbocycles. The maximum Gasteiger partial charge on any atom is 0.310 e. The number of hydrogen-bond donors (Lipinski definition) is 1. The van der Waals surface area contributed by atoms with Crippen molar-refractivity contribution in [2.45, 2.75) is 44.8 Å². The highest BCUT2D eigenvalue weighted by molar-refractivity contribution is 6.30. The van der Waals surface area contributed by atoms with E-state index in [9.17, 15) is 4.79 Å². The average molecular weight is 282 g/mol. The van der Waals surface area contributed by atoms with Crippen molar-refractivity contribution < 1.29 is 9.53 Å². The summed E-state index contributed by atoms with van der Waals surface area (Å²) in [4.78, 5) is 12.1. The van der Waals surface area contributed by atoms with Crippen LogP contribution in [0.15, 0.2) is 24.3 Å². The topological polar surface area (TPSA) is 52.3 Å². The van der Waals surface area contributed by atoms with E-state index in [4.69, 9.17) is 22.1 Å². The fourth-order valence-corrected chi connectivity index (χ4v) is 2.73. The Labute approximate surface area is 119 Å². The molecule has 0 bridgehead atoms. The molecule has 2 unspecified atom stereocenters. The van der Waals surface area contributed by atoms with E-state index in [1.807, 2.05) is 18.2 Å². The van der Waals surface area contributed by atoms with Gasteiger partial charge < -0.3 is 10.5 Å². The SMILES string of the molecule is NC1CCCCCC1C(=O)OCc1cccc(Cl)c1. The standard InChI is InChI=1S/C15H20ClNO2/c16-12-6-4-5-11(9-12)10-19-15(18)13-7-2-1-3-8-14(13)17/h4-6,9,13-14H,1-3,7-8,10,17H2. The maximum atomic E-state index is 12.1. The summed E-state index contributed by atoms with van der Waals surface area (Å²) in [6.07, 6.45) is 5.09. The van der Waals surface area contributed by atoms with Crippen LogP contribution in [0.25, 0.3) is 0 Å². The first-order chi connectivity index (χ1) is 9.16. The molecule has 0 radical (unpaired) electrons. The second-order valence-electron chi connectivity index (χ2n) is 5.15. The number of hydrogen-bond acceptors (Lipinski definition) is 3. The zero-order valence-electron chi connectivity index (χ0n) is 11.0. The van der Waals surface area contributed by atoms with Crippen LogP contribution in [-0.4, -0.2) is 12.0 Å². The van der Waals surface area contributed by atoms with Gasteiger partial charge in [-0.2, -0.15) is 0 Å². The first-order valence-electron chi connectivity index (χ1n) is 6.83. The fourth-order valence-electron chi connectivity index (χ4n) is 2.52. The van der Waals surface area contributed by atoms with Crippen LogP contribution in [0.3, 0.4) is 0 Å². The number of ether oxygens (including phenoxy) is 1. The van der Waals surface area contributed by atoms with Crippen LogP contribution in [0, 0.1) is 5.92 Å². The van der Waals surface area contributed by atoms with Gasteiger partial charge in [0.15, 0.2) is 0 Å². The zero-order chi connectivity index (χ0) is 13.7. The van der Waals surface area contributed by atoms with Crippen LogP contribution in [0.5, 0.6) is 0 Å². The summed E-state index contributed by atoms with van der Waals surface area (Å²) in [5.41, 5.74) is 6.96. The van der Waals surface area contributed by atoms with Crippen LogP contribution in [-0.2, 0) is 16.1 Å². The summed E-state index contributed by atoms with van der Waals surface area (Å²) in [5, 5.41) is 0.653. The maximum absolute atomic E-state index is 12.1. The Kier molecular flexibility index (Phi) is 5.23. The first kappa shape index (κ1) is 14.4. The van der Waals surface area contributed by atoms with Gasteiger partial charge in [-0.15, -0.1) is 0 Å². The van der Waals surface area contributed by atoms with E-state index in [1.165, 1.54) is 0 Å². The minimum atomic E-state index is -0.172. The first-order valence-corrected chi connectivity index (χ1v) is 7.21. The molecule has 1 aliphatic carbocycles. The van der Waals surface area contributed by atoms with Crippen molar-refractivity contribution in [3.05, 3.63) is 34.9 Å². The van der Waals surface area contributed by atoms with E-state index < -0.39 is 0 Å². The molecule has 2 atom stereocenters. The quantitative estimate of drug-likeness (QED) is 0.683. The van der Waals surface area contributed by atoms with Gasteiger partial charge >= 0.3 is 5.97 Å².